The molecule has 0 spiro atoms. The number of hydrogen-bond acceptors (Lipinski definition) is 1. The Hall–Kier alpha value is -2.22. The highest BCUT2D eigenvalue weighted by atomic mass is 19.1. The second-order valence-electron chi connectivity index (χ2n) is 7.26. The maximum atomic E-state index is 13.1. The van der Waals surface area contributed by atoms with E-state index in [1.165, 1.54) is 43.4 Å². The number of halogens is 1. The van der Waals surface area contributed by atoms with Gasteiger partial charge in [0.25, 0.3) is 0 Å². The normalized spacial score (nSPS) is 16.8. The van der Waals surface area contributed by atoms with Crippen LogP contribution in [0.5, 0.6) is 0 Å². The van der Waals surface area contributed by atoms with E-state index in [4.69, 9.17) is 0 Å². The summed E-state index contributed by atoms with van der Waals surface area (Å²) in [6.45, 7) is 9.76. The number of benzene rings is 1. The van der Waals surface area contributed by atoms with Crippen LogP contribution in [0.4, 0.5) is 4.39 Å². The lowest BCUT2D eigenvalue weighted by molar-refractivity contribution is -0.111. The predicted octanol–water partition coefficient (Wildman–Crippen LogP) is 6.83. The molecule has 1 aliphatic rings. The quantitative estimate of drug-likeness (QED) is 0.388. The van der Waals surface area contributed by atoms with Gasteiger partial charge in [0.15, 0.2) is 5.78 Å². The zero-order valence-corrected chi connectivity index (χ0v) is 16.1. The van der Waals surface area contributed by atoms with E-state index in [9.17, 15) is 9.18 Å². The van der Waals surface area contributed by atoms with Crippen LogP contribution < -0.4 is 0 Å². The Kier molecular flexibility index (Phi) is 7.32. The summed E-state index contributed by atoms with van der Waals surface area (Å²) >= 11 is 0. The van der Waals surface area contributed by atoms with E-state index in [0.29, 0.717) is 5.57 Å². The summed E-state index contributed by atoms with van der Waals surface area (Å²) in [4.78, 5) is 12.8. The van der Waals surface area contributed by atoms with Crippen LogP contribution in [0.15, 0.2) is 65.8 Å². The van der Waals surface area contributed by atoms with Crippen molar-refractivity contribution in [2.45, 2.75) is 52.9 Å². The molecule has 26 heavy (non-hydrogen) atoms. The lowest BCUT2D eigenvalue weighted by atomic mass is 9.93. The molecule has 0 radical (unpaired) electrons. The average molecular weight is 352 g/mol. The standard InChI is InChI=1S/C24H29FO/c1-5-19(15-20-8-6-7-9-20)16-23(17(2)3)24(26)14-18(4)21-10-12-22(25)13-11-21/h5,10-14,16,20H,2,6-9,15H2,1,3-4H3/b18-14+,19-5-,23-16+. The van der Waals surface area contributed by atoms with Crippen LogP contribution in [0.1, 0.15) is 58.4 Å². The Morgan fingerprint density at radius 1 is 1.15 bits per heavy atom. The first kappa shape index (κ1) is 20.1. The Morgan fingerprint density at radius 2 is 1.77 bits per heavy atom. The number of carbonyl (C=O) groups excluding carboxylic acids is 1. The molecule has 0 aromatic heterocycles. The SMILES string of the molecule is C=C(C)/C(=C\C(=C/C)CC1CCCC1)C(=O)/C=C(\C)c1ccc(F)cc1. The molecule has 1 saturated carbocycles. The molecule has 0 unspecified atom stereocenters. The molecule has 138 valence electrons. The lowest BCUT2D eigenvalue weighted by Crippen LogP contribution is -2.03. The molecule has 1 aliphatic carbocycles. The van der Waals surface area contributed by atoms with Crippen molar-refractivity contribution in [2.75, 3.05) is 0 Å². The molecule has 1 aromatic carbocycles. The molecule has 2 heteroatoms. The van der Waals surface area contributed by atoms with Crippen molar-refractivity contribution in [3.05, 3.63) is 77.2 Å². The van der Waals surface area contributed by atoms with Gasteiger partial charge in [-0.2, -0.15) is 0 Å². The number of rotatable bonds is 7. The number of carbonyl (C=O) groups is 1. The summed E-state index contributed by atoms with van der Waals surface area (Å²) in [6, 6.07) is 6.20. The maximum Gasteiger partial charge on any atom is 0.186 e. The Bertz CT molecular complexity index is 741. The Morgan fingerprint density at radius 3 is 2.31 bits per heavy atom. The predicted molar refractivity (Wildman–Crippen MR) is 108 cm³/mol. The average Bonchev–Trinajstić information content (AvgIpc) is 3.11. The van der Waals surface area contributed by atoms with Crippen LogP contribution in [0.3, 0.4) is 0 Å². The van der Waals surface area contributed by atoms with Crippen molar-refractivity contribution < 1.29 is 9.18 Å². The molecule has 2 rings (SSSR count). The van der Waals surface area contributed by atoms with Gasteiger partial charge in [0.2, 0.25) is 0 Å². The molecule has 1 fully saturated rings. The fourth-order valence-electron chi connectivity index (χ4n) is 3.47. The highest BCUT2D eigenvalue weighted by Gasteiger charge is 2.17. The first-order chi connectivity index (χ1) is 12.4. The number of hydrogen-bond donors (Lipinski definition) is 0. The fourth-order valence-corrected chi connectivity index (χ4v) is 3.47. The van der Waals surface area contributed by atoms with Crippen molar-refractivity contribution in [1.29, 1.82) is 0 Å². The molecule has 0 saturated heterocycles. The van der Waals surface area contributed by atoms with Crippen molar-refractivity contribution in [1.82, 2.24) is 0 Å². The van der Waals surface area contributed by atoms with Gasteiger partial charge in [0.05, 0.1) is 0 Å². The van der Waals surface area contributed by atoms with Crippen molar-refractivity contribution in [3.63, 3.8) is 0 Å². The van der Waals surface area contributed by atoms with E-state index >= 15 is 0 Å². The van der Waals surface area contributed by atoms with Crippen LogP contribution in [0.25, 0.3) is 5.57 Å². The molecule has 0 atom stereocenters. The molecule has 0 heterocycles. The largest absolute Gasteiger partial charge is 0.289 e. The zero-order chi connectivity index (χ0) is 19.1. The minimum absolute atomic E-state index is 0.0508. The van der Waals surface area contributed by atoms with Gasteiger partial charge in [-0.15, -0.1) is 0 Å². The van der Waals surface area contributed by atoms with Crippen molar-refractivity contribution in [2.24, 2.45) is 5.92 Å². The van der Waals surface area contributed by atoms with Gasteiger partial charge < -0.3 is 0 Å². The molecule has 1 aromatic rings. The summed E-state index contributed by atoms with van der Waals surface area (Å²) < 4.78 is 13.1. The van der Waals surface area contributed by atoms with Crippen LogP contribution in [0, 0.1) is 11.7 Å². The van der Waals surface area contributed by atoms with Crippen LogP contribution in [0.2, 0.25) is 0 Å². The first-order valence-electron chi connectivity index (χ1n) is 9.42. The highest BCUT2D eigenvalue weighted by Crippen LogP contribution is 2.31. The minimum atomic E-state index is -0.278. The van der Waals surface area contributed by atoms with Crippen LogP contribution >= 0.6 is 0 Å². The molecule has 0 bridgehead atoms. The molecular formula is C24H29FO. The third-order valence-corrected chi connectivity index (χ3v) is 5.07. The van der Waals surface area contributed by atoms with Gasteiger partial charge in [-0.25, -0.2) is 4.39 Å². The molecular weight excluding hydrogens is 323 g/mol. The Balaban J connectivity index is 2.21. The van der Waals surface area contributed by atoms with Gasteiger partial charge in [-0.3, -0.25) is 4.79 Å². The second-order valence-corrected chi connectivity index (χ2v) is 7.26. The zero-order valence-electron chi connectivity index (χ0n) is 16.1. The maximum absolute atomic E-state index is 13.1. The molecule has 0 N–H and O–H groups in total. The monoisotopic (exact) mass is 352 g/mol. The molecule has 0 amide bonds. The van der Waals surface area contributed by atoms with E-state index in [2.05, 4.69) is 12.7 Å². The lowest BCUT2D eigenvalue weighted by Gasteiger charge is -2.12. The van der Waals surface area contributed by atoms with E-state index in [-0.39, 0.29) is 11.6 Å². The Labute approximate surface area is 157 Å². The summed E-state index contributed by atoms with van der Waals surface area (Å²) in [6.07, 6.45) is 11.9. The first-order valence-corrected chi connectivity index (χ1v) is 9.42. The minimum Gasteiger partial charge on any atom is -0.289 e. The summed E-state index contributed by atoms with van der Waals surface area (Å²) in [7, 11) is 0. The van der Waals surface area contributed by atoms with E-state index in [0.717, 1.165) is 29.0 Å². The third kappa shape index (κ3) is 5.66. The van der Waals surface area contributed by atoms with Gasteiger partial charge in [0.1, 0.15) is 5.82 Å². The van der Waals surface area contributed by atoms with E-state index in [1.54, 1.807) is 18.2 Å². The molecule has 0 aliphatic heterocycles. The summed E-state index contributed by atoms with van der Waals surface area (Å²) in [5.41, 5.74) is 4.29. The number of ketones is 1. The van der Waals surface area contributed by atoms with Gasteiger partial charge >= 0.3 is 0 Å². The van der Waals surface area contributed by atoms with E-state index < -0.39 is 0 Å². The van der Waals surface area contributed by atoms with Gasteiger partial charge in [-0.1, -0.05) is 56.0 Å². The van der Waals surface area contributed by atoms with Crippen LogP contribution in [-0.2, 0) is 4.79 Å². The summed E-state index contributed by atoms with van der Waals surface area (Å²) in [5, 5.41) is 0. The number of allylic oxidation sites excluding steroid dienone is 7. The highest BCUT2D eigenvalue weighted by molar-refractivity contribution is 6.10. The third-order valence-electron chi connectivity index (χ3n) is 5.07. The van der Waals surface area contributed by atoms with Gasteiger partial charge in [0, 0.05) is 5.57 Å². The van der Waals surface area contributed by atoms with Crippen molar-refractivity contribution >= 4 is 11.4 Å². The molecule has 1 nitrogen and oxygen atoms in total. The smallest absolute Gasteiger partial charge is 0.186 e. The van der Waals surface area contributed by atoms with Gasteiger partial charge in [-0.05, 0) is 74.1 Å². The van der Waals surface area contributed by atoms with Crippen LogP contribution in [-0.4, -0.2) is 5.78 Å². The topological polar surface area (TPSA) is 17.1 Å². The summed E-state index contributed by atoms with van der Waals surface area (Å²) in [5.74, 6) is 0.403. The second kappa shape index (κ2) is 9.47. The van der Waals surface area contributed by atoms with E-state index in [1.807, 2.05) is 26.8 Å². The van der Waals surface area contributed by atoms with Crippen molar-refractivity contribution in [3.8, 4) is 0 Å². The fraction of sp³-hybridized carbons (Fsp3) is 0.375.